The maximum atomic E-state index is 9.20. The Labute approximate surface area is 93.2 Å². The third-order valence-corrected chi connectivity index (χ3v) is 2.50. The minimum atomic E-state index is -0.111. The van der Waals surface area contributed by atoms with Crippen molar-refractivity contribution in [3.8, 4) is 0 Å². The smallest absolute Gasteiger partial charge is 0.318 e. The van der Waals surface area contributed by atoms with Crippen LogP contribution >= 0.6 is 0 Å². The summed E-state index contributed by atoms with van der Waals surface area (Å²) >= 11 is 0. The summed E-state index contributed by atoms with van der Waals surface area (Å²) in [4.78, 5) is 1.87. The van der Waals surface area contributed by atoms with Crippen LogP contribution in [0.15, 0.2) is 4.42 Å². The largest absolute Gasteiger partial charge is 0.408 e. The van der Waals surface area contributed by atoms with Gasteiger partial charge >= 0.3 is 6.01 Å². The molecule has 1 aliphatic rings. The van der Waals surface area contributed by atoms with Gasteiger partial charge in [0.15, 0.2) is 0 Å². The van der Waals surface area contributed by atoms with E-state index < -0.39 is 0 Å². The fourth-order valence-electron chi connectivity index (χ4n) is 1.64. The third kappa shape index (κ3) is 2.31. The van der Waals surface area contributed by atoms with Crippen LogP contribution in [0.3, 0.4) is 0 Å². The van der Waals surface area contributed by atoms with E-state index in [1.165, 1.54) is 0 Å². The van der Waals surface area contributed by atoms with Crippen LogP contribution in [0.2, 0.25) is 0 Å². The summed E-state index contributed by atoms with van der Waals surface area (Å²) in [5.74, 6) is 0.528. The molecule has 90 valence electrons. The SMILES string of the molecule is NCCc1nnc(N2CCOCC2CO)o1. The Bertz CT molecular complexity index is 330. The summed E-state index contributed by atoms with van der Waals surface area (Å²) in [6.45, 7) is 2.22. The lowest BCUT2D eigenvalue weighted by Crippen LogP contribution is -2.47. The van der Waals surface area contributed by atoms with Crippen molar-refractivity contribution in [3.63, 3.8) is 0 Å². The molecule has 0 aliphatic carbocycles. The third-order valence-electron chi connectivity index (χ3n) is 2.50. The van der Waals surface area contributed by atoms with Crippen molar-refractivity contribution in [1.82, 2.24) is 10.2 Å². The van der Waals surface area contributed by atoms with Gasteiger partial charge in [0.25, 0.3) is 0 Å². The number of anilines is 1. The zero-order chi connectivity index (χ0) is 11.4. The molecular formula is C9H16N4O3. The van der Waals surface area contributed by atoms with Gasteiger partial charge in [0, 0.05) is 19.5 Å². The molecule has 1 aromatic heterocycles. The lowest BCUT2D eigenvalue weighted by atomic mass is 10.2. The van der Waals surface area contributed by atoms with E-state index >= 15 is 0 Å². The molecule has 0 aromatic carbocycles. The maximum absolute atomic E-state index is 9.20. The second-order valence-corrected chi connectivity index (χ2v) is 3.62. The van der Waals surface area contributed by atoms with E-state index in [9.17, 15) is 5.11 Å². The molecule has 0 spiro atoms. The van der Waals surface area contributed by atoms with Gasteiger partial charge < -0.3 is 24.9 Å². The molecule has 0 amide bonds. The zero-order valence-electron chi connectivity index (χ0n) is 9.00. The number of morpholine rings is 1. The van der Waals surface area contributed by atoms with Crippen LogP contribution in [-0.2, 0) is 11.2 Å². The van der Waals surface area contributed by atoms with Crippen molar-refractivity contribution in [2.24, 2.45) is 5.73 Å². The molecule has 2 rings (SSSR count). The monoisotopic (exact) mass is 228 g/mol. The fraction of sp³-hybridized carbons (Fsp3) is 0.778. The molecule has 1 atom stereocenters. The highest BCUT2D eigenvalue weighted by molar-refractivity contribution is 5.27. The van der Waals surface area contributed by atoms with Crippen LogP contribution in [0, 0.1) is 0 Å². The fourth-order valence-corrected chi connectivity index (χ4v) is 1.64. The van der Waals surface area contributed by atoms with Crippen LogP contribution in [-0.4, -0.2) is 54.3 Å². The Morgan fingerprint density at radius 1 is 1.50 bits per heavy atom. The normalized spacial score (nSPS) is 21.4. The summed E-state index contributed by atoms with van der Waals surface area (Å²) in [5.41, 5.74) is 5.40. The van der Waals surface area contributed by atoms with Gasteiger partial charge in [-0.3, -0.25) is 0 Å². The van der Waals surface area contributed by atoms with E-state index in [0.29, 0.717) is 44.6 Å². The van der Waals surface area contributed by atoms with Gasteiger partial charge in [-0.15, -0.1) is 5.10 Å². The van der Waals surface area contributed by atoms with Crippen LogP contribution in [0.5, 0.6) is 0 Å². The van der Waals surface area contributed by atoms with Crippen molar-refractivity contribution in [3.05, 3.63) is 5.89 Å². The van der Waals surface area contributed by atoms with Gasteiger partial charge in [-0.05, 0) is 0 Å². The Balaban J connectivity index is 2.08. The number of aliphatic hydroxyl groups excluding tert-OH is 1. The number of hydrogen-bond donors (Lipinski definition) is 2. The zero-order valence-corrected chi connectivity index (χ0v) is 9.00. The average Bonchev–Trinajstić information content (AvgIpc) is 2.78. The molecule has 16 heavy (non-hydrogen) atoms. The summed E-state index contributed by atoms with van der Waals surface area (Å²) < 4.78 is 10.7. The van der Waals surface area contributed by atoms with Crippen LogP contribution in [0.4, 0.5) is 6.01 Å². The molecule has 1 aliphatic heterocycles. The van der Waals surface area contributed by atoms with Crippen molar-refractivity contribution in [2.75, 3.05) is 37.8 Å². The van der Waals surface area contributed by atoms with E-state index in [0.717, 1.165) is 0 Å². The molecule has 1 saturated heterocycles. The summed E-state index contributed by atoms with van der Waals surface area (Å²) in [7, 11) is 0. The van der Waals surface area contributed by atoms with E-state index in [1.807, 2.05) is 4.90 Å². The summed E-state index contributed by atoms with van der Waals surface area (Å²) in [6.07, 6.45) is 0.571. The molecule has 1 unspecified atom stereocenters. The van der Waals surface area contributed by atoms with Crippen LogP contribution in [0.1, 0.15) is 5.89 Å². The second kappa shape index (κ2) is 5.24. The van der Waals surface area contributed by atoms with Gasteiger partial charge in [-0.25, -0.2) is 0 Å². The van der Waals surface area contributed by atoms with Crippen molar-refractivity contribution >= 4 is 6.01 Å². The minimum Gasteiger partial charge on any atom is -0.408 e. The van der Waals surface area contributed by atoms with Gasteiger partial charge in [0.2, 0.25) is 5.89 Å². The Kier molecular flexibility index (Phi) is 3.70. The minimum absolute atomic E-state index is 0.00853. The molecule has 0 saturated carbocycles. The van der Waals surface area contributed by atoms with E-state index in [4.69, 9.17) is 14.9 Å². The number of aromatic nitrogens is 2. The van der Waals surface area contributed by atoms with Crippen LogP contribution in [0.25, 0.3) is 0 Å². The van der Waals surface area contributed by atoms with Gasteiger partial charge in [-0.1, -0.05) is 5.10 Å². The molecule has 7 heteroatoms. The van der Waals surface area contributed by atoms with E-state index in [2.05, 4.69) is 10.2 Å². The summed E-state index contributed by atoms with van der Waals surface area (Å²) in [6, 6.07) is 0.325. The highest BCUT2D eigenvalue weighted by Gasteiger charge is 2.26. The number of nitrogens with zero attached hydrogens (tertiary/aromatic N) is 3. The number of rotatable bonds is 4. The lowest BCUT2D eigenvalue weighted by molar-refractivity contribution is 0.0697. The molecular weight excluding hydrogens is 212 g/mol. The van der Waals surface area contributed by atoms with E-state index in [-0.39, 0.29) is 12.6 Å². The Hall–Kier alpha value is -1.18. The van der Waals surface area contributed by atoms with Gasteiger partial charge in [0.05, 0.1) is 25.9 Å². The molecule has 1 aromatic rings. The maximum Gasteiger partial charge on any atom is 0.318 e. The van der Waals surface area contributed by atoms with Crippen molar-refractivity contribution in [1.29, 1.82) is 0 Å². The predicted molar refractivity (Wildman–Crippen MR) is 56.1 cm³/mol. The first-order valence-electron chi connectivity index (χ1n) is 5.33. The molecule has 3 N–H and O–H groups in total. The lowest BCUT2D eigenvalue weighted by Gasteiger charge is -2.32. The number of hydrogen-bond acceptors (Lipinski definition) is 7. The highest BCUT2D eigenvalue weighted by Crippen LogP contribution is 2.17. The first kappa shape index (κ1) is 11.3. The summed E-state index contributed by atoms with van der Waals surface area (Å²) in [5, 5.41) is 17.0. The molecule has 2 heterocycles. The number of aliphatic hydroxyl groups is 1. The predicted octanol–water partition coefficient (Wildman–Crippen LogP) is -1.23. The molecule has 0 radical (unpaired) electrons. The van der Waals surface area contributed by atoms with Crippen molar-refractivity contribution in [2.45, 2.75) is 12.5 Å². The first-order chi connectivity index (χ1) is 7.85. The topological polar surface area (TPSA) is 97.6 Å². The Morgan fingerprint density at radius 3 is 3.12 bits per heavy atom. The van der Waals surface area contributed by atoms with Gasteiger partial charge in [-0.2, -0.15) is 0 Å². The molecule has 7 nitrogen and oxygen atoms in total. The van der Waals surface area contributed by atoms with Crippen molar-refractivity contribution < 1.29 is 14.3 Å². The number of ether oxygens (including phenoxy) is 1. The number of nitrogens with two attached hydrogens (primary N) is 1. The quantitative estimate of drug-likeness (QED) is 0.665. The van der Waals surface area contributed by atoms with Gasteiger partial charge in [0.1, 0.15) is 0 Å². The average molecular weight is 228 g/mol. The Morgan fingerprint density at radius 2 is 2.38 bits per heavy atom. The van der Waals surface area contributed by atoms with E-state index in [1.54, 1.807) is 0 Å². The highest BCUT2D eigenvalue weighted by atomic mass is 16.5. The standard InChI is InChI=1S/C9H16N4O3/c10-2-1-8-11-12-9(16-8)13-3-4-15-6-7(13)5-14/h7,14H,1-6,10H2. The second-order valence-electron chi connectivity index (χ2n) is 3.62. The molecule has 1 fully saturated rings. The first-order valence-corrected chi connectivity index (χ1v) is 5.33. The molecule has 0 bridgehead atoms. The van der Waals surface area contributed by atoms with Crippen LogP contribution < -0.4 is 10.6 Å².